The fraction of sp³-hybridized carbons (Fsp3) is 0.273. The molecule has 29 heavy (non-hydrogen) atoms. The minimum atomic E-state index is -0.621. The zero-order valence-corrected chi connectivity index (χ0v) is 16.5. The summed E-state index contributed by atoms with van der Waals surface area (Å²) >= 11 is 6.38. The highest BCUT2D eigenvalue weighted by atomic mass is 35.5. The summed E-state index contributed by atoms with van der Waals surface area (Å²) in [4.78, 5) is 21.1. The third-order valence-corrected chi connectivity index (χ3v) is 5.69. The molecule has 7 heteroatoms. The number of aliphatic imine (C=N–C) groups is 1. The summed E-state index contributed by atoms with van der Waals surface area (Å²) < 4.78 is 14.0. The van der Waals surface area contributed by atoms with Crippen LogP contribution in [0.2, 0.25) is 5.02 Å². The van der Waals surface area contributed by atoms with Gasteiger partial charge >= 0.3 is 0 Å². The third kappa shape index (κ3) is 3.98. The van der Waals surface area contributed by atoms with Gasteiger partial charge in [-0.3, -0.25) is 4.79 Å². The van der Waals surface area contributed by atoms with E-state index in [9.17, 15) is 14.3 Å². The summed E-state index contributed by atoms with van der Waals surface area (Å²) in [6.07, 6.45) is 5.27. The number of hydrogen-bond acceptors (Lipinski definition) is 4. The molecule has 0 aromatic heterocycles. The molecule has 2 heterocycles. The second-order valence-electron chi connectivity index (χ2n) is 7.16. The molecule has 0 bridgehead atoms. The molecule has 0 atom stereocenters. The number of piperidine rings is 1. The van der Waals surface area contributed by atoms with E-state index in [1.165, 1.54) is 12.1 Å². The maximum Gasteiger partial charge on any atom is 0.256 e. The molecule has 1 fully saturated rings. The van der Waals surface area contributed by atoms with Gasteiger partial charge in [0.15, 0.2) is 0 Å². The van der Waals surface area contributed by atoms with Gasteiger partial charge in [0.1, 0.15) is 17.4 Å². The van der Waals surface area contributed by atoms with Crippen LogP contribution in [0.4, 0.5) is 4.39 Å². The summed E-state index contributed by atoms with van der Waals surface area (Å²) in [6.45, 7) is 1.74. The number of hydrogen-bond donors (Lipinski definition) is 1. The number of amides is 1. The first-order valence-corrected chi connectivity index (χ1v) is 9.94. The van der Waals surface area contributed by atoms with Crippen molar-refractivity contribution >= 4 is 23.3 Å². The number of rotatable bonds is 3. The SMILES string of the molecule is O=C(c1cc(O)ccc1F)N1CCC(N2CC=CN=C2c2ccccc2Cl)CC1. The van der Waals surface area contributed by atoms with Gasteiger partial charge in [-0.25, -0.2) is 9.38 Å². The van der Waals surface area contributed by atoms with E-state index in [2.05, 4.69) is 9.89 Å². The average molecular weight is 414 g/mol. The number of halogens is 2. The molecular formula is C22H21ClFN3O2. The lowest BCUT2D eigenvalue weighted by atomic mass is 10.00. The van der Waals surface area contributed by atoms with Gasteiger partial charge in [0.2, 0.25) is 0 Å². The molecule has 0 spiro atoms. The lowest BCUT2D eigenvalue weighted by molar-refractivity contribution is 0.0671. The molecule has 1 saturated heterocycles. The molecule has 1 amide bonds. The number of aromatic hydroxyl groups is 1. The second-order valence-corrected chi connectivity index (χ2v) is 7.56. The van der Waals surface area contributed by atoms with Crippen molar-refractivity contribution < 1.29 is 14.3 Å². The minimum absolute atomic E-state index is 0.0947. The van der Waals surface area contributed by atoms with Crippen LogP contribution in [0.3, 0.4) is 0 Å². The lowest BCUT2D eigenvalue weighted by Gasteiger charge is -2.40. The molecule has 2 aliphatic rings. The van der Waals surface area contributed by atoms with Crippen molar-refractivity contribution in [2.24, 2.45) is 4.99 Å². The van der Waals surface area contributed by atoms with E-state index >= 15 is 0 Å². The Balaban J connectivity index is 1.47. The quantitative estimate of drug-likeness (QED) is 0.825. The highest BCUT2D eigenvalue weighted by Gasteiger charge is 2.31. The summed E-state index contributed by atoms with van der Waals surface area (Å²) in [6, 6.07) is 11.4. The molecule has 2 aromatic carbocycles. The Bertz CT molecular complexity index is 984. The van der Waals surface area contributed by atoms with Crippen molar-refractivity contribution in [3.63, 3.8) is 0 Å². The Morgan fingerprint density at radius 3 is 2.69 bits per heavy atom. The monoisotopic (exact) mass is 413 g/mol. The fourth-order valence-corrected chi connectivity index (χ4v) is 4.08. The zero-order valence-electron chi connectivity index (χ0n) is 15.8. The van der Waals surface area contributed by atoms with Crippen molar-refractivity contribution in [1.82, 2.24) is 9.80 Å². The van der Waals surface area contributed by atoms with Crippen LogP contribution in [0.15, 0.2) is 59.7 Å². The van der Waals surface area contributed by atoms with Crippen LogP contribution in [-0.4, -0.2) is 52.3 Å². The van der Waals surface area contributed by atoms with Gasteiger partial charge in [-0.15, -0.1) is 0 Å². The van der Waals surface area contributed by atoms with Crippen molar-refractivity contribution in [3.05, 3.63) is 76.7 Å². The topological polar surface area (TPSA) is 56.1 Å². The highest BCUT2D eigenvalue weighted by molar-refractivity contribution is 6.34. The van der Waals surface area contributed by atoms with Gasteiger partial charge in [-0.2, -0.15) is 0 Å². The molecule has 2 aromatic rings. The summed E-state index contributed by atoms with van der Waals surface area (Å²) in [7, 11) is 0. The van der Waals surface area contributed by atoms with Crippen molar-refractivity contribution in [1.29, 1.82) is 0 Å². The number of phenolic OH excluding ortho intramolecular Hbond substituents is 1. The Hall–Kier alpha value is -2.86. The highest BCUT2D eigenvalue weighted by Crippen LogP contribution is 2.26. The van der Waals surface area contributed by atoms with Gasteiger partial charge in [0, 0.05) is 37.4 Å². The lowest BCUT2D eigenvalue weighted by Crippen LogP contribution is -2.49. The molecule has 1 N–H and O–H groups in total. The summed E-state index contributed by atoms with van der Waals surface area (Å²) in [5, 5.41) is 10.2. The van der Waals surface area contributed by atoms with Crippen molar-refractivity contribution in [2.45, 2.75) is 18.9 Å². The zero-order chi connectivity index (χ0) is 20.4. The van der Waals surface area contributed by atoms with Crippen LogP contribution in [0.5, 0.6) is 5.75 Å². The van der Waals surface area contributed by atoms with Crippen LogP contribution in [0.25, 0.3) is 0 Å². The molecular weight excluding hydrogens is 393 g/mol. The van der Waals surface area contributed by atoms with Crippen LogP contribution in [-0.2, 0) is 0 Å². The van der Waals surface area contributed by atoms with E-state index in [1.807, 2.05) is 30.3 Å². The molecule has 0 saturated carbocycles. The second kappa shape index (κ2) is 8.25. The number of benzene rings is 2. The fourth-order valence-electron chi connectivity index (χ4n) is 3.86. The molecule has 0 aliphatic carbocycles. The first-order chi connectivity index (χ1) is 14.0. The van der Waals surface area contributed by atoms with Gasteiger partial charge in [-0.05, 0) is 49.2 Å². The Morgan fingerprint density at radius 2 is 1.93 bits per heavy atom. The van der Waals surface area contributed by atoms with E-state index in [0.29, 0.717) is 18.1 Å². The number of carbonyl (C=O) groups is 1. The van der Waals surface area contributed by atoms with Crippen LogP contribution in [0, 0.1) is 5.82 Å². The normalized spacial score (nSPS) is 17.4. The van der Waals surface area contributed by atoms with E-state index in [-0.39, 0.29) is 17.4 Å². The largest absolute Gasteiger partial charge is 0.508 e. The number of amidine groups is 1. The Morgan fingerprint density at radius 1 is 1.17 bits per heavy atom. The Labute approximate surface area is 173 Å². The number of nitrogens with zero attached hydrogens (tertiary/aromatic N) is 3. The van der Waals surface area contributed by atoms with Gasteiger partial charge < -0.3 is 14.9 Å². The predicted molar refractivity (Wildman–Crippen MR) is 111 cm³/mol. The van der Waals surface area contributed by atoms with E-state index < -0.39 is 11.7 Å². The average Bonchev–Trinajstić information content (AvgIpc) is 2.75. The van der Waals surface area contributed by atoms with Crippen LogP contribution in [0.1, 0.15) is 28.8 Å². The molecule has 4 rings (SSSR count). The number of likely N-dealkylation sites (tertiary alicyclic amines) is 1. The number of phenols is 1. The van der Waals surface area contributed by atoms with Gasteiger partial charge in [0.25, 0.3) is 5.91 Å². The van der Waals surface area contributed by atoms with Gasteiger partial charge in [0.05, 0.1) is 10.6 Å². The van der Waals surface area contributed by atoms with E-state index in [1.54, 1.807) is 11.1 Å². The minimum Gasteiger partial charge on any atom is -0.508 e. The summed E-state index contributed by atoms with van der Waals surface area (Å²) in [5.41, 5.74) is 0.793. The standard InChI is InChI=1S/C22H21ClFN3O2/c23-19-5-2-1-4-17(19)21-25-10-3-11-27(21)15-8-12-26(13-9-15)22(29)18-14-16(28)6-7-20(18)24/h1-7,10,14-15,28H,8-9,11-13H2. The molecule has 0 radical (unpaired) electrons. The maximum absolute atomic E-state index is 14.0. The first kappa shape index (κ1) is 19.5. The molecule has 150 valence electrons. The van der Waals surface area contributed by atoms with Crippen molar-refractivity contribution in [3.8, 4) is 5.75 Å². The number of carbonyl (C=O) groups excluding carboxylic acids is 1. The van der Waals surface area contributed by atoms with Crippen LogP contribution < -0.4 is 0 Å². The molecule has 5 nitrogen and oxygen atoms in total. The third-order valence-electron chi connectivity index (χ3n) is 5.36. The molecule has 0 unspecified atom stereocenters. The smallest absolute Gasteiger partial charge is 0.256 e. The van der Waals surface area contributed by atoms with E-state index in [4.69, 9.17) is 11.6 Å². The molecule has 2 aliphatic heterocycles. The maximum atomic E-state index is 14.0. The summed E-state index contributed by atoms with van der Waals surface area (Å²) in [5.74, 6) is -0.299. The predicted octanol–water partition coefficient (Wildman–Crippen LogP) is 4.07. The first-order valence-electron chi connectivity index (χ1n) is 9.57. The van der Waals surface area contributed by atoms with Crippen molar-refractivity contribution in [2.75, 3.05) is 19.6 Å². The van der Waals surface area contributed by atoms with Gasteiger partial charge in [-0.1, -0.05) is 23.7 Å². The Kier molecular flexibility index (Phi) is 5.53. The van der Waals surface area contributed by atoms with Crippen LogP contribution >= 0.6 is 11.6 Å². The van der Waals surface area contributed by atoms with E-state index in [0.717, 1.165) is 36.9 Å².